The summed E-state index contributed by atoms with van der Waals surface area (Å²) in [6.07, 6.45) is 3.56. The Kier molecular flexibility index (Phi) is 7.95. The van der Waals surface area contributed by atoms with Gasteiger partial charge in [-0.3, -0.25) is 9.10 Å². The number of aryl methyl sites for hydroxylation is 1. The van der Waals surface area contributed by atoms with Gasteiger partial charge in [-0.25, -0.2) is 13.2 Å². The van der Waals surface area contributed by atoms with Gasteiger partial charge in [0.15, 0.2) is 0 Å². The number of sulfonamides is 1. The summed E-state index contributed by atoms with van der Waals surface area (Å²) in [4.78, 5) is 26.8. The van der Waals surface area contributed by atoms with Gasteiger partial charge in [-0.1, -0.05) is 18.2 Å². The molecule has 1 aliphatic carbocycles. The smallest absolute Gasteiger partial charge is 0.341 e. The topological polar surface area (TPSA) is 102 Å². The zero-order valence-corrected chi connectivity index (χ0v) is 21.8. The molecule has 1 amide bonds. The van der Waals surface area contributed by atoms with Gasteiger partial charge in [0.05, 0.1) is 29.9 Å². The molecule has 0 aliphatic heterocycles. The minimum atomic E-state index is -4.08. The maximum atomic E-state index is 13.6. The minimum Gasteiger partial charge on any atom is -0.494 e. The lowest BCUT2D eigenvalue weighted by atomic mass is 9.95. The number of para-hydroxylation sites is 1. The van der Waals surface area contributed by atoms with Crippen molar-refractivity contribution in [2.24, 2.45) is 0 Å². The van der Waals surface area contributed by atoms with Crippen LogP contribution in [0.15, 0.2) is 59.5 Å². The Morgan fingerprint density at radius 3 is 2.39 bits per heavy atom. The maximum Gasteiger partial charge on any atom is 0.341 e. The van der Waals surface area contributed by atoms with Crippen LogP contribution in [0.4, 0.5) is 10.7 Å². The Morgan fingerprint density at radius 2 is 1.72 bits per heavy atom. The van der Waals surface area contributed by atoms with Crippen molar-refractivity contribution in [2.45, 2.75) is 37.5 Å². The summed E-state index contributed by atoms with van der Waals surface area (Å²) in [6.45, 7) is 1.83. The molecular weight excluding hydrogens is 500 g/mol. The van der Waals surface area contributed by atoms with Gasteiger partial charge >= 0.3 is 5.97 Å². The highest BCUT2D eigenvalue weighted by atomic mass is 32.2. The number of hydrogen-bond acceptors (Lipinski definition) is 7. The summed E-state index contributed by atoms with van der Waals surface area (Å²) in [5.74, 6) is -0.513. The molecule has 1 N–H and O–H groups in total. The standard InChI is InChI=1S/C26H28N2O6S2/c1-3-34-19-13-15-20(16-14-19)36(31,32)28(18-9-5-4-6-10-18)17-23(29)27-25-24(26(30)33-2)21-11-7-8-12-22(21)35-25/h4-6,9-10,13-16H,3,7-8,11-12,17H2,1-2H3,(H,27,29). The highest BCUT2D eigenvalue weighted by molar-refractivity contribution is 7.92. The molecule has 1 heterocycles. The number of hydrogen-bond donors (Lipinski definition) is 1. The summed E-state index contributed by atoms with van der Waals surface area (Å²) in [5, 5.41) is 3.18. The van der Waals surface area contributed by atoms with E-state index in [4.69, 9.17) is 9.47 Å². The molecule has 0 radical (unpaired) electrons. The zero-order chi connectivity index (χ0) is 25.7. The number of methoxy groups -OCH3 is 1. The summed E-state index contributed by atoms with van der Waals surface area (Å²) >= 11 is 1.35. The fourth-order valence-corrected chi connectivity index (χ4v) is 6.89. The largest absolute Gasteiger partial charge is 0.494 e. The SMILES string of the molecule is CCOc1ccc(S(=O)(=O)N(CC(=O)Nc2sc3c(c2C(=O)OC)CCCC3)c2ccccc2)cc1. The summed E-state index contributed by atoms with van der Waals surface area (Å²) in [6, 6.07) is 14.5. The van der Waals surface area contributed by atoms with Gasteiger partial charge in [0.1, 0.15) is 17.3 Å². The number of amides is 1. The number of anilines is 2. The summed E-state index contributed by atoms with van der Waals surface area (Å²) < 4.78 is 38.7. The number of thiophene rings is 1. The van der Waals surface area contributed by atoms with E-state index in [1.807, 2.05) is 6.92 Å². The molecule has 0 bridgehead atoms. The van der Waals surface area contributed by atoms with Gasteiger partial charge in [0.25, 0.3) is 10.0 Å². The van der Waals surface area contributed by atoms with E-state index in [0.29, 0.717) is 28.6 Å². The Balaban J connectivity index is 1.64. The van der Waals surface area contributed by atoms with Crippen LogP contribution < -0.4 is 14.4 Å². The minimum absolute atomic E-state index is 0.0319. The molecule has 1 aromatic heterocycles. The predicted molar refractivity (Wildman–Crippen MR) is 140 cm³/mol. The number of benzene rings is 2. The predicted octanol–water partition coefficient (Wildman–Crippen LogP) is 4.65. The number of rotatable bonds is 9. The van der Waals surface area contributed by atoms with Crippen LogP contribution in [0.25, 0.3) is 0 Å². The number of nitrogens with zero attached hydrogens (tertiary/aromatic N) is 1. The third kappa shape index (κ3) is 5.39. The van der Waals surface area contributed by atoms with Gasteiger partial charge < -0.3 is 14.8 Å². The van der Waals surface area contributed by atoms with Crippen molar-refractivity contribution >= 4 is 43.9 Å². The van der Waals surface area contributed by atoms with E-state index in [1.165, 1.54) is 30.6 Å². The summed E-state index contributed by atoms with van der Waals surface area (Å²) in [7, 11) is -2.77. The van der Waals surface area contributed by atoms with Crippen molar-refractivity contribution in [1.29, 1.82) is 0 Å². The van der Waals surface area contributed by atoms with Crippen molar-refractivity contribution in [3.8, 4) is 5.75 Å². The fraction of sp³-hybridized carbons (Fsp3) is 0.308. The monoisotopic (exact) mass is 528 g/mol. The average Bonchev–Trinajstić information content (AvgIpc) is 3.25. The van der Waals surface area contributed by atoms with Gasteiger partial charge in [-0.2, -0.15) is 0 Å². The van der Waals surface area contributed by atoms with Gasteiger partial charge in [0.2, 0.25) is 5.91 Å². The van der Waals surface area contributed by atoms with Crippen molar-refractivity contribution in [3.05, 3.63) is 70.6 Å². The highest BCUT2D eigenvalue weighted by Gasteiger charge is 2.30. The van der Waals surface area contributed by atoms with E-state index in [2.05, 4.69) is 5.32 Å². The second kappa shape index (κ2) is 11.1. The van der Waals surface area contributed by atoms with Crippen LogP contribution in [-0.2, 0) is 32.4 Å². The first-order chi connectivity index (χ1) is 17.3. The van der Waals surface area contributed by atoms with Crippen LogP contribution in [0.3, 0.4) is 0 Å². The van der Waals surface area contributed by atoms with Gasteiger partial charge in [-0.15, -0.1) is 11.3 Å². The number of carbonyl (C=O) groups excluding carboxylic acids is 2. The average molecular weight is 529 g/mol. The van der Waals surface area contributed by atoms with E-state index in [1.54, 1.807) is 42.5 Å². The van der Waals surface area contributed by atoms with Crippen LogP contribution >= 0.6 is 11.3 Å². The quantitative estimate of drug-likeness (QED) is 0.406. The molecule has 2 aromatic carbocycles. The van der Waals surface area contributed by atoms with E-state index in [9.17, 15) is 18.0 Å². The van der Waals surface area contributed by atoms with Crippen molar-refractivity contribution in [2.75, 3.05) is 29.9 Å². The van der Waals surface area contributed by atoms with Crippen LogP contribution in [0.2, 0.25) is 0 Å². The molecule has 0 saturated carbocycles. The molecule has 0 spiro atoms. The highest BCUT2D eigenvalue weighted by Crippen LogP contribution is 2.38. The third-order valence-electron chi connectivity index (χ3n) is 5.87. The van der Waals surface area contributed by atoms with E-state index in [-0.39, 0.29) is 4.90 Å². The molecule has 8 nitrogen and oxygen atoms in total. The second-order valence-electron chi connectivity index (χ2n) is 8.21. The molecule has 36 heavy (non-hydrogen) atoms. The van der Waals surface area contributed by atoms with Crippen LogP contribution in [-0.4, -0.2) is 40.6 Å². The lowest BCUT2D eigenvalue weighted by Crippen LogP contribution is -2.38. The van der Waals surface area contributed by atoms with Gasteiger partial charge in [-0.05, 0) is 74.6 Å². The molecule has 1 aliphatic rings. The third-order valence-corrected chi connectivity index (χ3v) is 8.86. The first-order valence-corrected chi connectivity index (χ1v) is 13.9. The van der Waals surface area contributed by atoms with Crippen molar-refractivity contribution < 1.29 is 27.5 Å². The Hall–Kier alpha value is -3.37. The van der Waals surface area contributed by atoms with Gasteiger partial charge in [0, 0.05) is 4.88 Å². The summed E-state index contributed by atoms with van der Waals surface area (Å²) in [5.41, 5.74) is 1.63. The van der Waals surface area contributed by atoms with E-state index in [0.717, 1.165) is 40.4 Å². The van der Waals surface area contributed by atoms with Crippen molar-refractivity contribution in [3.63, 3.8) is 0 Å². The molecule has 10 heteroatoms. The number of esters is 1. The second-order valence-corrected chi connectivity index (χ2v) is 11.2. The van der Waals surface area contributed by atoms with Crippen LogP contribution in [0, 0.1) is 0 Å². The number of fused-ring (bicyclic) bond motifs is 1. The lowest BCUT2D eigenvalue weighted by molar-refractivity contribution is -0.114. The first-order valence-electron chi connectivity index (χ1n) is 11.7. The molecule has 3 aromatic rings. The Morgan fingerprint density at radius 1 is 1.03 bits per heavy atom. The molecular formula is C26H28N2O6S2. The molecule has 0 fully saturated rings. The maximum absolute atomic E-state index is 13.6. The number of carbonyl (C=O) groups is 2. The molecule has 4 rings (SSSR count). The number of nitrogens with one attached hydrogen (secondary N) is 1. The normalized spacial score (nSPS) is 12.9. The van der Waals surface area contributed by atoms with E-state index >= 15 is 0 Å². The number of ether oxygens (including phenoxy) is 2. The van der Waals surface area contributed by atoms with Crippen LogP contribution in [0.1, 0.15) is 40.6 Å². The molecule has 0 atom stereocenters. The van der Waals surface area contributed by atoms with Crippen LogP contribution in [0.5, 0.6) is 5.75 Å². The Labute approximate surface area is 214 Å². The Bertz CT molecular complexity index is 1330. The zero-order valence-electron chi connectivity index (χ0n) is 20.2. The molecule has 190 valence electrons. The van der Waals surface area contributed by atoms with E-state index < -0.39 is 28.4 Å². The lowest BCUT2D eigenvalue weighted by Gasteiger charge is -2.24. The first kappa shape index (κ1) is 25.7. The molecule has 0 saturated heterocycles. The molecule has 0 unspecified atom stereocenters. The fourth-order valence-electron chi connectivity index (χ4n) is 4.18. The van der Waals surface area contributed by atoms with Crippen molar-refractivity contribution in [1.82, 2.24) is 0 Å².